The number of Topliss-reactive ketones (excluding diaryl/α,β-unsaturated/α-hetero) is 1. The molecule has 1 N–H and O–H groups in total. The highest BCUT2D eigenvalue weighted by atomic mass is 16.7. The monoisotopic (exact) mass is 290 g/mol. The zero-order valence-corrected chi connectivity index (χ0v) is 12.4. The average Bonchev–Trinajstić information content (AvgIpc) is 2.95. The van der Waals surface area contributed by atoms with Crippen LogP contribution in [0.4, 0.5) is 0 Å². The number of aliphatic hydroxyl groups is 1. The van der Waals surface area contributed by atoms with Crippen LogP contribution in [-0.2, 0) is 14.3 Å². The van der Waals surface area contributed by atoms with E-state index in [1.165, 1.54) is 0 Å². The maximum absolute atomic E-state index is 12.6. The van der Waals surface area contributed by atoms with Gasteiger partial charge in [-0.2, -0.15) is 0 Å². The van der Waals surface area contributed by atoms with Crippen molar-refractivity contribution in [3.8, 4) is 0 Å². The van der Waals surface area contributed by atoms with Crippen LogP contribution in [0.1, 0.15) is 44.3 Å². The molecule has 2 unspecified atom stereocenters. The summed E-state index contributed by atoms with van der Waals surface area (Å²) in [5.74, 6) is -0.515. The van der Waals surface area contributed by atoms with E-state index < -0.39 is 17.3 Å². The lowest BCUT2D eigenvalue weighted by Gasteiger charge is -2.33. The molecule has 1 aromatic rings. The summed E-state index contributed by atoms with van der Waals surface area (Å²) in [5.41, 5.74) is 0.0118. The van der Waals surface area contributed by atoms with Crippen LogP contribution in [0, 0.1) is 5.41 Å². The fourth-order valence-corrected chi connectivity index (χ4v) is 3.38. The van der Waals surface area contributed by atoms with Gasteiger partial charge < -0.3 is 14.6 Å². The van der Waals surface area contributed by atoms with Gasteiger partial charge in [-0.3, -0.25) is 4.79 Å². The lowest BCUT2D eigenvalue weighted by atomic mass is 9.74. The van der Waals surface area contributed by atoms with Gasteiger partial charge in [-0.1, -0.05) is 30.3 Å². The van der Waals surface area contributed by atoms with Gasteiger partial charge in [-0.05, 0) is 18.9 Å². The molecule has 1 aromatic carbocycles. The Hall–Kier alpha value is -1.23. The maximum atomic E-state index is 12.6. The van der Waals surface area contributed by atoms with Gasteiger partial charge in [0.1, 0.15) is 5.78 Å². The van der Waals surface area contributed by atoms with Crippen LogP contribution in [0.3, 0.4) is 0 Å². The molecule has 3 rings (SSSR count). The number of rotatable bonds is 2. The molecule has 1 spiro atoms. The topological polar surface area (TPSA) is 55.8 Å². The molecule has 1 aliphatic carbocycles. The highest BCUT2D eigenvalue weighted by Crippen LogP contribution is 2.46. The smallest absolute Gasteiger partial charge is 0.168 e. The van der Waals surface area contributed by atoms with Crippen LogP contribution in [-0.4, -0.2) is 29.9 Å². The Morgan fingerprint density at radius 2 is 1.76 bits per heavy atom. The molecule has 0 radical (unpaired) electrons. The van der Waals surface area contributed by atoms with E-state index in [1.54, 1.807) is 0 Å². The lowest BCUT2D eigenvalue weighted by molar-refractivity contribution is -0.167. The summed E-state index contributed by atoms with van der Waals surface area (Å²) in [4.78, 5) is 12.6. The molecular weight excluding hydrogens is 268 g/mol. The number of hydrogen-bond donors (Lipinski definition) is 1. The van der Waals surface area contributed by atoms with E-state index in [0.717, 1.165) is 5.56 Å². The van der Waals surface area contributed by atoms with Crippen molar-refractivity contribution in [2.45, 2.75) is 44.5 Å². The van der Waals surface area contributed by atoms with E-state index in [9.17, 15) is 9.90 Å². The molecule has 21 heavy (non-hydrogen) atoms. The molecule has 2 aliphatic rings. The number of carbonyl (C=O) groups is 1. The minimum Gasteiger partial charge on any atom is -0.387 e. The summed E-state index contributed by atoms with van der Waals surface area (Å²) in [6.07, 6.45) is 1.41. The van der Waals surface area contributed by atoms with Crippen molar-refractivity contribution >= 4 is 5.78 Å². The Kier molecular flexibility index (Phi) is 3.86. The number of ether oxygens (including phenoxy) is 2. The molecule has 0 amide bonds. The minimum atomic E-state index is -0.789. The summed E-state index contributed by atoms with van der Waals surface area (Å²) in [5, 5.41) is 10.7. The lowest BCUT2D eigenvalue weighted by Crippen LogP contribution is -2.34. The number of ketones is 1. The molecule has 4 heteroatoms. The predicted octanol–water partition coefficient (Wildman–Crippen LogP) is 2.61. The molecule has 4 nitrogen and oxygen atoms in total. The van der Waals surface area contributed by atoms with E-state index in [1.807, 2.05) is 37.3 Å². The van der Waals surface area contributed by atoms with Crippen molar-refractivity contribution < 1.29 is 19.4 Å². The molecule has 114 valence electrons. The molecule has 1 saturated carbocycles. The van der Waals surface area contributed by atoms with Crippen molar-refractivity contribution in [2.75, 3.05) is 13.2 Å². The first kappa shape index (κ1) is 14.7. The fourth-order valence-electron chi connectivity index (χ4n) is 3.38. The van der Waals surface area contributed by atoms with Gasteiger partial charge in [-0.25, -0.2) is 0 Å². The third kappa shape index (κ3) is 2.63. The first-order valence-corrected chi connectivity index (χ1v) is 7.60. The quantitative estimate of drug-likeness (QED) is 0.909. The van der Waals surface area contributed by atoms with Crippen LogP contribution in [0.5, 0.6) is 0 Å². The van der Waals surface area contributed by atoms with Crippen LogP contribution < -0.4 is 0 Å². The molecule has 2 fully saturated rings. The molecular formula is C17H22O4. The number of hydrogen-bond acceptors (Lipinski definition) is 4. The standard InChI is InChI=1S/C17H22O4/c1-16(15(19)13-5-3-2-4-6-13)9-10-17(8-7-14(16)18)20-11-12-21-17/h2-6,15,19H,7-12H2,1H3. The normalized spacial score (nSPS) is 30.3. The number of benzene rings is 1. The Bertz CT molecular complexity index is 507. The number of aliphatic hydroxyl groups excluding tert-OH is 1. The maximum Gasteiger partial charge on any atom is 0.168 e. The molecule has 1 heterocycles. The third-order valence-corrected chi connectivity index (χ3v) is 4.93. The second-order valence-corrected chi connectivity index (χ2v) is 6.26. The predicted molar refractivity (Wildman–Crippen MR) is 77.6 cm³/mol. The van der Waals surface area contributed by atoms with Crippen LogP contribution in [0.25, 0.3) is 0 Å². The Morgan fingerprint density at radius 3 is 2.43 bits per heavy atom. The first-order valence-electron chi connectivity index (χ1n) is 7.60. The van der Waals surface area contributed by atoms with Gasteiger partial charge in [-0.15, -0.1) is 0 Å². The summed E-state index contributed by atoms with van der Waals surface area (Å²) in [6, 6.07) is 9.41. The van der Waals surface area contributed by atoms with E-state index in [-0.39, 0.29) is 5.78 Å². The zero-order chi connectivity index (χ0) is 14.9. The Balaban J connectivity index is 1.84. The SMILES string of the molecule is CC1(C(O)c2ccccc2)CCC2(CCC1=O)OCCO2. The molecule has 2 atom stereocenters. The van der Waals surface area contributed by atoms with Gasteiger partial charge in [0, 0.05) is 19.3 Å². The van der Waals surface area contributed by atoms with Gasteiger partial charge >= 0.3 is 0 Å². The molecule has 0 aromatic heterocycles. The van der Waals surface area contributed by atoms with Gasteiger partial charge in [0.25, 0.3) is 0 Å². The second kappa shape index (κ2) is 5.52. The van der Waals surface area contributed by atoms with E-state index >= 15 is 0 Å². The van der Waals surface area contributed by atoms with Gasteiger partial charge in [0.05, 0.1) is 24.7 Å². The zero-order valence-electron chi connectivity index (χ0n) is 12.4. The minimum absolute atomic E-state index is 0.0924. The summed E-state index contributed by atoms with van der Waals surface area (Å²) in [7, 11) is 0. The number of carbonyl (C=O) groups excluding carboxylic acids is 1. The summed E-state index contributed by atoms with van der Waals surface area (Å²) < 4.78 is 11.5. The molecule has 1 saturated heterocycles. The average molecular weight is 290 g/mol. The molecule has 0 bridgehead atoms. The van der Waals surface area contributed by atoms with Crippen LogP contribution in [0.2, 0.25) is 0 Å². The van der Waals surface area contributed by atoms with Gasteiger partial charge in [0.15, 0.2) is 5.79 Å². The molecule has 1 aliphatic heterocycles. The highest BCUT2D eigenvalue weighted by molar-refractivity contribution is 5.85. The van der Waals surface area contributed by atoms with Crippen molar-refractivity contribution in [1.82, 2.24) is 0 Å². The van der Waals surface area contributed by atoms with Crippen LogP contribution >= 0.6 is 0 Å². The van der Waals surface area contributed by atoms with Crippen molar-refractivity contribution in [2.24, 2.45) is 5.41 Å². The van der Waals surface area contributed by atoms with Crippen molar-refractivity contribution in [1.29, 1.82) is 0 Å². The highest BCUT2D eigenvalue weighted by Gasteiger charge is 2.48. The largest absolute Gasteiger partial charge is 0.387 e. The van der Waals surface area contributed by atoms with E-state index in [4.69, 9.17) is 9.47 Å². The third-order valence-electron chi connectivity index (χ3n) is 4.93. The van der Waals surface area contributed by atoms with Crippen molar-refractivity contribution in [3.63, 3.8) is 0 Å². The Morgan fingerprint density at radius 1 is 1.10 bits per heavy atom. The van der Waals surface area contributed by atoms with Crippen LogP contribution in [0.15, 0.2) is 30.3 Å². The fraction of sp³-hybridized carbons (Fsp3) is 0.588. The first-order chi connectivity index (χ1) is 10.1. The van der Waals surface area contributed by atoms with E-state index in [2.05, 4.69) is 0 Å². The summed E-state index contributed by atoms with van der Waals surface area (Å²) in [6.45, 7) is 3.04. The van der Waals surface area contributed by atoms with Gasteiger partial charge in [0.2, 0.25) is 0 Å². The Labute approximate surface area is 125 Å². The summed E-state index contributed by atoms with van der Waals surface area (Å²) >= 11 is 0. The second-order valence-electron chi connectivity index (χ2n) is 6.26. The van der Waals surface area contributed by atoms with Crippen molar-refractivity contribution in [3.05, 3.63) is 35.9 Å². The van der Waals surface area contributed by atoms with E-state index in [0.29, 0.717) is 38.9 Å².